The summed E-state index contributed by atoms with van der Waals surface area (Å²) < 4.78 is 44.6. The van der Waals surface area contributed by atoms with Gasteiger partial charge in [0.15, 0.2) is 12.6 Å². The van der Waals surface area contributed by atoms with Gasteiger partial charge in [0.25, 0.3) is 0 Å². The monoisotopic (exact) mass is 376 g/mol. The second kappa shape index (κ2) is 8.57. The Labute approximate surface area is 137 Å². The van der Waals surface area contributed by atoms with Crippen LogP contribution in [0.15, 0.2) is 0 Å². The minimum atomic E-state index is -5.09. The van der Waals surface area contributed by atoms with Gasteiger partial charge in [-0.25, -0.2) is 4.18 Å². The molecule has 8 atom stereocenters. The molecule has 0 aromatic carbocycles. The molecule has 24 heavy (non-hydrogen) atoms. The number of aliphatic hydroxyl groups excluding tert-OH is 5. The predicted molar refractivity (Wildman–Crippen MR) is 72.8 cm³/mol. The summed E-state index contributed by atoms with van der Waals surface area (Å²) in [7, 11) is -5.09. The Kier molecular flexibility index (Phi) is 7.61. The van der Waals surface area contributed by atoms with Gasteiger partial charge in [-0.1, -0.05) is 0 Å². The molecule has 13 heteroatoms. The molecule has 6 N–H and O–H groups in total. The molecular weight excluding hydrogens is 356 g/mol. The van der Waals surface area contributed by atoms with Crippen LogP contribution in [0.2, 0.25) is 0 Å². The van der Waals surface area contributed by atoms with E-state index in [0.717, 1.165) is 6.92 Å². The highest BCUT2D eigenvalue weighted by molar-refractivity contribution is 7.80. The fraction of sp³-hybridized carbons (Fsp3) is 0.909. The third-order valence-electron chi connectivity index (χ3n) is 3.25. The van der Waals surface area contributed by atoms with Crippen LogP contribution in [-0.2, 0) is 28.9 Å². The van der Waals surface area contributed by atoms with Crippen molar-refractivity contribution in [3.05, 3.63) is 0 Å². The first-order valence-electron chi connectivity index (χ1n) is 6.76. The van der Waals surface area contributed by atoms with Gasteiger partial charge in [-0.05, 0) is 6.92 Å². The first-order chi connectivity index (χ1) is 11.0. The SMILES string of the molecule is C[C@H](O)[C@@H](OS(=O)(=O)O)[C@@H](OC1OC[C@@H](O)[C@H](O)[C@H]1O)[C@H](O)C=O. The van der Waals surface area contributed by atoms with Crippen molar-refractivity contribution in [3.8, 4) is 0 Å². The van der Waals surface area contributed by atoms with Crippen LogP contribution in [0.4, 0.5) is 0 Å². The lowest BCUT2D eigenvalue weighted by Crippen LogP contribution is -2.58. The van der Waals surface area contributed by atoms with Crippen LogP contribution in [0.5, 0.6) is 0 Å². The van der Waals surface area contributed by atoms with E-state index in [9.17, 15) is 38.7 Å². The van der Waals surface area contributed by atoms with Crippen molar-refractivity contribution in [2.45, 2.75) is 55.9 Å². The highest BCUT2D eigenvalue weighted by atomic mass is 32.3. The summed E-state index contributed by atoms with van der Waals surface area (Å²) in [5, 5.41) is 47.9. The van der Waals surface area contributed by atoms with Crippen molar-refractivity contribution in [1.82, 2.24) is 0 Å². The van der Waals surface area contributed by atoms with Crippen molar-refractivity contribution in [3.63, 3.8) is 0 Å². The molecule has 0 spiro atoms. The lowest BCUT2D eigenvalue weighted by molar-refractivity contribution is -0.298. The third-order valence-corrected chi connectivity index (χ3v) is 3.72. The van der Waals surface area contributed by atoms with Crippen LogP contribution < -0.4 is 0 Å². The van der Waals surface area contributed by atoms with E-state index in [1.54, 1.807) is 0 Å². The maximum Gasteiger partial charge on any atom is 0.397 e. The van der Waals surface area contributed by atoms with Crippen LogP contribution in [0, 0.1) is 0 Å². The minimum Gasteiger partial charge on any atom is -0.391 e. The average Bonchev–Trinajstić information content (AvgIpc) is 2.48. The molecule has 0 amide bonds. The molecule has 1 fully saturated rings. The molecular formula is C11H20O12S. The van der Waals surface area contributed by atoms with Gasteiger partial charge in [0.05, 0.1) is 12.7 Å². The molecule has 1 aliphatic heterocycles. The number of aldehydes is 1. The van der Waals surface area contributed by atoms with E-state index < -0.39 is 66.0 Å². The van der Waals surface area contributed by atoms with Crippen LogP contribution in [-0.4, -0.2) is 100 Å². The first-order valence-corrected chi connectivity index (χ1v) is 8.12. The van der Waals surface area contributed by atoms with Gasteiger partial charge in [-0.15, -0.1) is 0 Å². The molecule has 0 aromatic heterocycles. The highest BCUT2D eigenvalue weighted by Gasteiger charge is 2.44. The summed E-state index contributed by atoms with van der Waals surface area (Å²) in [5.41, 5.74) is 0. The fourth-order valence-corrected chi connectivity index (χ4v) is 2.58. The summed E-state index contributed by atoms with van der Waals surface area (Å²) in [5.74, 6) is 0. The lowest BCUT2D eigenvalue weighted by Gasteiger charge is -2.38. The quantitative estimate of drug-likeness (QED) is 0.177. The zero-order chi connectivity index (χ0) is 18.7. The van der Waals surface area contributed by atoms with Crippen molar-refractivity contribution < 1.29 is 57.0 Å². The summed E-state index contributed by atoms with van der Waals surface area (Å²) in [6.07, 6.45) is -14.2. The Balaban J connectivity index is 3.01. The molecule has 1 aliphatic rings. The van der Waals surface area contributed by atoms with Crippen molar-refractivity contribution in [2.24, 2.45) is 0 Å². The van der Waals surface area contributed by atoms with Crippen molar-refractivity contribution in [1.29, 1.82) is 0 Å². The Bertz CT molecular complexity index is 507. The Morgan fingerprint density at radius 1 is 1.17 bits per heavy atom. The normalized spacial score (nSPS) is 33.5. The predicted octanol–water partition coefficient (Wildman–Crippen LogP) is -4.06. The maximum atomic E-state index is 10.9. The largest absolute Gasteiger partial charge is 0.397 e. The van der Waals surface area contributed by atoms with E-state index in [2.05, 4.69) is 4.18 Å². The number of aliphatic hydroxyl groups is 5. The number of ether oxygens (including phenoxy) is 2. The van der Waals surface area contributed by atoms with Gasteiger partial charge in [-0.2, -0.15) is 8.42 Å². The van der Waals surface area contributed by atoms with E-state index in [-0.39, 0.29) is 6.29 Å². The van der Waals surface area contributed by atoms with E-state index in [0.29, 0.717) is 0 Å². The number of carbonyl (C=O) groups is 1. The zero-order valence-electron chi connectivity index (χ0n) is 12.4. The molecule has 1 unspecified atom stereocenters. The fourth-order valence-electron chi connectivity index (χ4n) is 2.03. The Morgan fingerprint density at radius 3 is 2.21 bits per heavy atom. The highest BCUT2D eigenvalue weighted by Crippen LogP contribution is 2.22. The van der Waals surface area contributed by atoms with Crippen LogP contribution in [0.1, 0.15) is 6.92 Å². The second-order valence-electron chi connectivity index (χ2n) is 5.21. The molecule has 12 nitrogen and oxygen atoms in total. The Morgan fingerprint density at radius 2 is 1.75 bits per heavy atom. The summed E-state index contributed by atoms with van der Waals surface area (Å²) in [6, 6.07) is 0. The van der Waals surface area contributed by atoms with Crippen LogP contribution >= 0.6 is 0 Å². The number of hydrogen-bond donors (Lipinski definition) is 6. The van der Waals surface area contributed by atoms with Crippen molar-refractivity contribution in [2.75, 3.05) is 6.61 Å². The molecule has 1 heterocycles. The van der Waals surface area contributed by atoms with E-state index >= 15 is 0 Å². The van der Waals surface area contributed by atoms with E-state index in [4.69, 9.17) is 14.0 Å². The smallest absolute Gasteiger partial charge is 0.391 e. The maximum absolute atomic E-state index is 10.9. The van der Waals surface area contributed by atoms with Crippen LogP contribution in [0.25, 0.3) is 0 Å². The van der Waals surface area contributed by atoms with Crippen LogP contribution in [0.3, 0.4) is 0 Å². The van der Waals surface area contributed by atoms with Gasteiger partial charge in [0.1, 0.15) is 36.6 Å². The topological polar surface area (TPSA) is 200 Å². The van der Waals surface area contributed by atoms with Gasteiger partial charge in [-0.3, -0.25) is 4.55 Å². The van der Waals surface area contributed by atoms with Crippen molar-refractivity contribution >= 4 is 16.7 Å². The average molecular weight is 376 g/mol. The second-order valence-corrected chi connectivity index (χ2v) is 6.25. The van der Waals surface area contributed by atoms with Gasteiger partial charge < -0.3 is 39.8 Å². The van der Waals surface area contributed by atoms with Gasteiger partial charge >= 0.3 is 10.4 Å². The number of rotatable bonds is 8. The standard InChI is InChI=1S/C11H20O12S/c1-4(13)9(23-24(18,19)20)10(5(14)2-12)22-11-8(17)7(16)6(15)3-21-11/h2,4-11,13-17H,3H2,1H3,(H,18,19,20)/t4-,5+,6+,7-,8+,9+,10-,11?/m0/s1. The molecule has 0 aliphatic carbocycles. The molecule has 0 saturated carbocycles. The zero-order valence-corrected chi connectivity index (χ0v) is 13.3. The van der Waals surface area contributed by atoms with Gasteiger partial charge in [0.2, 0.25) is 0 Å². The molecule has 0 aromatic rings. The van der Waals surface area contributed by atoms with Gasteiger partial charge in [0, 0.05) is 0 Å². The molecule has 0 bridgehead atoms. The van der Waals surface area contributed by atoms with E-state index in [1.165, 1.54) is 0 Å². The minimum absolute atomic E-state index is 0.0616. The molecule has 1 rings (SSSR count). The summed E-state index contributed by atoms with van der Waals surface area (Å²) in [6.45, 7) is 0.561. The summed E-state index contributed by atoms with van der Waals surface area (Å²) in [4.78, 5) is 10.8. The third kappa shape index (κ3) is 5.66. The molecule has 0 radical (unpaired) electrons. The first kappa shape index (κ1) is 21.3. The lowest BCUT2D eigenvalue weighted by atomic mass is 10.0. The summed E-state index contributed by atoms with van der Waals surface area (Å²) >= 11 is 0. The van der Waals surface area contributed by atoms with E-state index in [1.807, 2.05) is 0 Å². The molecule has 142 valence electrons. The Hall–Kier alpha value is -0.740. The molecule has 1 saturated heterocycles. The number of carbonyl (C=O) groups excluding carboxylic acids is 1. The number of hydrogen-bond acceptors (Lipinski definition) is 11.